The number of hydrogen-bond donors (Lipinski definition) is 3. The molecule has 48 heavy (non-hydrogen) atoms. The molecule has 1 saturated heterocycles. The topological polar surface area (TPSA) is 189 Å². The van der Waals surface area contributed by atoms with E-state index in [0.29, 0.717) is 39.7 Å². The summed E-state index contributed by atoms with van der Waals surface area (Å²) < 4.78 is 21.2. The van der Waals surface area contributed by atoms with Gasteiger partial charge in [-0.1, -0.05) is 11.6 Å². The zero-order valence-corrected chi connectivity index (χ0v) is 28.5. The summed E-state index contributed by atoms with van der Waals surface area (Å²) in [4.78, 5) is 59.0. The van der Waals surface area contributed by atoms with Gasteiger partial charge in [0.05, 0.1) is 44.1 Å². The Balaban J connectivity index is 0.000000240. The fourth-order valence-electron chi connectivity index (χ4n) is 4.92. The van der Waals surface area contributed by atoms with Gasteiger partial charge in [-0.05, 0) is 58.2 Å². The van der Waals surface area contributed by atoms with Crippen LogP contribution in [0.15, 0.2) is 30.6 Å². The highest BCUT2D eigenvalue weighted by Gasteiger charge is 2.26. The molecule has 0 radical (unpaired) electrons. The van der Waals surface area contributed by atoms with Crippen molar-refractivity contribution in [3.8, 4) is 11.4 Å². The molecule has 0 bridgehead atoms. The van der Waals surface area contributed by atoms with Crippen molar-refractivity contribution in [2.45, 2.75) is 64.1 Å². The molecule has 2 amide bonds. The molecule has 1 aromatic carbocycles. The molecule has 0 aliphatic carbocycles. The Hall–Kier alpha value is -4.76. The first-order valence-corrected chi connectivity index (χ1v) is 15.7. The van der Waals surface area contributed by atoms with Gasteiger partial charge >= 0.3 is 18.0 Å². The molecule has 258 valence electrons. The van der Waals surface area contributed by atoms with E-state index in [1.807, 2.05) is 25.2 Å². The zero-order valence-electron chi connectivity index (χ0n) is 27.7. The molecule has 4 aromatic rings. The van der Waals surface area contributed by atoms with Gasteiger partial charge in [-0.2, -0.15) is 5.10 Å². The van der Waals surface area contributed by atoms with Crippen LogP contribution >= 0.6 is 11.6 Å². The number of aromatic amines is 1. The van der Waals surface area contributed by atoms with E-state index in [2.05, 4.69) is 35.2 Å². The Labute approximate surface area is 282 Å². The highest BCUT2D eigenvalue weighted by atomic mass is 35.5. The molecule has 2 atom stereocenters. The van der Waals surface area contributed by atoms with Gasteiger partial charge in [0.2, 0.25) is 0 Å². The number of carbonyl (C=O) groups excluding carboxylic acids is 4. The number of esters is 2. The van der Waals surface area contributed by atoms with Crippen LogP contribution in [0.1, 0.15) is 56.8 Å². The number of nitrogens with one attached hydrogen (secondary N) is 3. The molecular formula is C32H40ClN7O8. The summed E-state index contributed by atoms with van der Waals surface area (Å²) in [7, 11) is 4.30. The predicted molar refractivity (Wildman–Crippen MR) is 176 cm³/mol. The molecule has 0 spiro atoms. The van der Waals surface area contributed by atoms with Crippen molar-refractivity contribution < 1.29 is 38.1 Å². The van der Waals surface area contributed by atoms with E-state index in [1.165, 1.54) is 14.2 Å². The van der Waals surface area contributed by atoms with Crippen molar-refractivity contribution in [1.29, 1.82) is 0 Å². The highest BCUT2D eigenvalue weighted by molar-refractivity contribution is 6.31. The van der Waals surface area contributed by atoms with Crippen LogP contribution in [0.3, 0.4) is 0 Å². The average molecular weight is 686 g/mol. The smallest absolute Gasteiger partial charge is 0.408 e. The van der Waals surface area contributed by atoms with Gasteiger partial charge in [0, 0.05) is 36.7 Å². The van der Waals surface area contributed by atoms with Crippen molar-refractivity contribution in [3.05, 3.63) is 41.2 Å². The number of ether oxygens (including phenoxy) is 4. The Morgan fingerprint density at radius 1 is 1.19 bits per heavy atom. The summed E-state index contributed by atoms with van der Waals surface area (Å²) in [5, 5.41) is 11.5. The Kier molecular flexibility index (Phi) is 11.9. The molecule has 5 rings (SSSR count). The monoisotopic (exact) mass is 685 g/mol. The number of fused-ring (bicyclic) bond motifs is 2. The maximum Gasteiger partial charge on any atom is 0.408 e. The number of alkyl carbamates (subject to hydrolysis) is 1. The zero-order chi connectivity index (χ0) is 35.0. The number of halogens is 1. The lowest BCUT2D eigenvalue weighted by Crippen LogP contribution is -2.44. The maximum absolute atomic E-state index is 12.8. The van der Waals surface area contributed by atoms with E-state index >= 15 is 0 Å². The number of nitrogens with zero attached hydrogens (tertiary/aromatic N) is 4. The van der Waals surface area contributed by atoms with Crippen molar-refractivity contribution in [2.24, 2.45) is 7.05 Å². The summed E-state index contributed by atoms with van der Waals surface area (Å²) in [6, 6.07) is 4.67. The molecule has 0 saturated carbocycles. The van der Waals surface area contributed by atoms with E-state index in [0.717, 1.165) is 30.4 Å². The summed E-state index contributed by atoms with van der Waals surface area (Å²) in [5.74, 6) is -1.30. The maximum atomic E-state index is 12.8. The molecule has 3 N–H and O–H groups in total. The minimum absolute atomic E-state index is 0.00787. The SMILES string of the molecule is COC(=O)CC[C@@H](NC(=O)OC(C)(C)C)C(=O)OC.Cn1nc(-c2cnc3[nH]cc(C(=O)N[C@@H]4CCCOC4)c3n2)c2ccc(Cl)cc21. The third-order valence-electron chi connectivity index (χ3n) is 7.22. The van der Waals surface area contributed by atoms with Crippen molar-refractivity contribution in [1.82, 2.24) is 35.4 Å². The summed E-state index contributed by atoms with van der Waals surface area (Å²) in [5.41, 5.74) is 3.06. The Bertz CT molecular complexity index is 1780. The Morgan fingerprint density at radius 2 is 1.96 bits per heavy atom. The van der Waals surface area contributed by atoms with Crippen LogP contribution in [-0.2, 0) is 35.6 Å². The number of benzene rings is 1. The highest BCUT2D eigenvalue weighted by Crippen LogP contribution is 2.29. The van der Waals surface area contributed by atoms with Crippen LogP contribution in [0.25, 0.3) is 33.5 Å². The lowest BCUT2D eigenvalue weighted by Gasteiger charge is -2.22. The largest absolute Gasteiger partial charge is 0.469 e. The van der Waals surface area contributed by atoms with E-state index in [-0.39, 0.29) is 24.8 Å². The number of H-pyrrole nitrogens is 1. The summed E-state index contributed by atoms with van der Waals surface area (Å²) in [6.07, 6.45) is 4.49. The third-order valence-corrected chi connectivity index (χ3v) is 7.45. The average Bonchev–Trinajstić information content (AvgIpc) is 3.62. The van der Waals surface area contributed by atoms with Gasteiger partial charge in [-0.15, -0.1) is 0 Å². The summed E-state index contributed by atoms with van der Waals surface area (Å²) in [6.45, 7) is 6.39. The number of methoxy groups -OCH3 is 2. The second-order valence-corrected chi connectivity index (χ2v) is 12.4. The molecule has 3 aromatic heterocycles. The summed E-state index contributed by atoms with van der Waals surface area (Å²) >= 11 is 6.12. The molecule has 1 aliphatic heterocycles. The Morgan fingerprint density at radius 3 is 2.62 bits per heavy atom. The molecule has 1 aliphatic rings. The number of aryl methyl sites for hydroxylation is 1. The van der Waals surface area contributed by atoms with E-state index < -0.39 is 29.7 Å². The van der Waals surface area contributed by atoms with E-state index in [4.69, 9.17) is 26.1 Å². The number of carbonyl (C=O) groups is 4. The van der Waals surface area contributed by atoms with Gasteiger partial charge in [-0.3, -0.25) is 14.3 Å². The molecule has 16 heteroatoms. The fraction of sp³-hybridized carbons (Fsp3) is 0.469. The number of aromatic nitrogens is 5. The first-order chi connectivity index (χ1) is 22.8. The minimum Gasteiger partial charge on any atom is -0.469 e. The van der Waals surface area contributed by atoms with Crippen LogP contribution in [0.2, 0.25) is 5.02 Å². The van der Waals surface area contributed by atoms with Gasteiger partial charge in [0.25, 0.3) is 5.91 Å². The van der Waals surface area contributed by atoms with Crippen LogP contribution < -0.4 is 10.6 Å². The first kappa shape index (κ1) is 36.1. The van der Waals surface area contributed by atoms with Gasteiger partial charge in [-0.25, -0.2) is 19.6 Å². The van der Waals surface area contributed by atoms with Gasteiger partial charge in [0.15, 0.2) is 5.65 Å². The van der Waals surface area contributed by atoms with Gasteiger partial charge < -0.3 is 34.6 Å². The third kappa shape index (κ3) is 9.41. The van der Waals surface area contributed by atoms with Crippen molar-refractivity contribution in [3.63, 3.8) is 0 Å². The lowest BCUT2D eigenvalue weighted by molar-refractivity contribution is -0.144. The fourth-order valence-corrected chi connectivity index (χ4v) is 5.09. The number of amides is 2. The normalized spacial score (nSPS) is 15.2. The number of hydrogen-bond acceptors (Lipinski definition) is 11. The van der Waals surface area contributed by atoms with Crippen LogP contribution in [-0.4, -0.2) is 93.8 Å². The molecule has 0 unspecified atom stereocenters. The molecule has 15 nitrogen and oxygen atoms in total. The lowest BCUT2D eigenvalue weighted by atomic mass is 10.1. The second kappa shape index (κ2) is 15.9. The van der Waals surface area contributed by atoms with Crippen LogP contribution in [0, 0.1) is 0 Å². The minimum atomic E-state index is -0.945. The quantitative estimate of drug-likeness (QED) is 0.179. The van der Waals surface area contributed by atoms with Crippen molar-refractivity contribution in [2.75, 3.05) is 27.4 Å². The molecule has 1 fully saturated rings. The number of rotatable bonds is 8. The molecule has 4 heterocycles. The first-order valence-electron chi connectivity index (χ1n) is 15.3. The van der Waals surface area contributed by atoms with Gasteiger partial charge in [0.1, 0.15) is 28.5 Å². The molecular weight excluding hydrogens is 646 g/mol. The van der Waals surface area contributed by atoms with Crippen LogP contribution in [0.5, 0.6) is 0 Å². The van der Waals surface area contributed by atoms with E-state index in [9.17, 15) is 19.2 Å². The standard InChI is InChI=1S/C20H19ClN6O2.C12H21NO6/c1-27-16-7-11(21)4-5-13(16)17(26-27)15-9-23-19-18(25-15)14(8-22-19)20(28)24-12-3-2-6-29-10-12;1-12(2,3)19-11(16)13-8(10(15)18-5)6-7-9(14)17-4/h4-5,7-9,12H,2-3,6,10H2,1H3,(H,22,23)(H,24,28);8H,6-7H2,1-5H3,(H,13,16)/t12-;8-/m11/s1. The predicted octanol–water partition coefficient (Wildman–Crippen LogP) is 4.08. The second-order valence-electron chi connectivity index (χ2n) is 12.0. The van der Waals surface area contributed by atoms with Crippen molar-refractivity contribution >= 4 is 57.6 Å². The van der Waals surface area contributed by atoms with Crippen LogP contribution in [0.4, 0.5) is 4.79 Å². The van der Waals surface area contributed by atoms with E-state index in [1.54, 1.807) is 37.8 Å².